The summed E-state index contributed by atoms with van der Waals surface area (Å²) < 4.78 is 0. The molecule has 7 nitrogen and oxygen atoms in total. The normalized spacial score (nSPS) is 16.5. The predicted octanol–water partition coefficient (Wildman–Crippen LogP) is 1.52. The summed E-state index contributed by atoms with van der Waals surface area (Å²) in [6.07, 6.45) is 5.57. The average Bonchev–Trinajstić information content (AvgIpc) is 2.56. The lowest BCUT2D eigenvalue weighted by Gasteiger charge is -2.24. The van der Waals surface area contributed by atoms with Crippen LogP contribution in [0.1, 0.15) is 32.1 Å². The van der Waals surface area contributed by atoms with E-state index in [2.05, 4.69) is 10.3 Å². The highest BCUT2D eigenvalue weighted by Gasteiger charge is 2.29. The number of hydrogen-bond acceptors (Lipinski definition) is 5. The van der Waals surface area contributed by atoms with Gasteiger partial charge in [0, 0.05) is 19.2 Å². The van der Waals surface area contributed by atoms with Gasteiger partial charge in [-0.15, -0.1) is 0 Å². The summed E-state index contributed by atoms with van der Waals surface area (Å²) in [5.41, 5.74) is 0. The number of ketones is 1. The highest BCUT2D eigenvalue weighted by Crippen LogP contribution is 2.13. The van der Waals surface area contributed by atoms with E-state index in [1.807, 2.05) is 0 Å². The fourth-order valence-electron chi connectivity index (χ4n) is 2.57. The summed E-state index contributed by atoms with van der Waals surface area (Å²) in [4.78, 5) is 41.9. The number of aromatic nitrogens is 1. The molecule has 24 heavy (non-hydrogen) atoms. The average molecular weight is 328 g/mol. The summed E-state index contributed by atoms with van der Waals surface area (Å²) in [6.45, 7) is 0.289. The van der Waals surface area contributed by atoms with Crippen molar-refractivity contribution in [2.75, 3.05) is 18.4 Å². The maximum absolute atomic E-state index is 12.3. The van der Waals surface area contributed by atoms with Crippen LogP contribution >= 0.6 is 0 Å². The van der Waals surface area contributed by atoms with Gasteiger partial charge in [0.2, 0.25) is 5.91 Å². The smallest absolute Gasteiger partial charge is 0.250 e. The Hall–Kier alpha value is -2.75. The van der Waals surface area contributed by atoms with E-state index in [0.717, 1.165) is 25.7 Å². The van der Waals surface area contributed by atoms with Crippen LogP contribution < -0.4 is 5.32 Å². The van der Waals surface area contributed by atoms with Gasteiger partial charge < -0.3 is 10.2 Å². The van der Waals surface area contributed by atoms with Gasteiger partial charge in [0.15, 0.2) is 11.7 Å². The first-order chi connectivity index (χ1) is 11.6. The fraction of sp³-hybridized carbons (Fsp3) is 0.471. The number of anilines is 1. The van der Waals surface area contributed by atoms with Gasteiger partial charge in [0.05, 0.1) is 12.6 Å². The number of hydrogen-bond donors (Lipinski definition) is 1. The first kappa shape index (κ1) is 17.6. The summed E-state index contributed by atoms with van der Waals surface area (Å²) >= 11 is 0. The molecule has 126 valence electrons. The lowest BCUT2D eigenvalue weighted by molar-refractivity contribution is -0.138. The Morgan fingerprint density at radius 1 is 1.29 bits per heavy atom. The van der Waals surface area contributed by atoms with Gasteiger partial charge in [-0.25, -0.2) is 4.98 Å². The van der Waals surface area contributed by atoms with Gasteiger partial charge in [-0.1, -0.05) is 18.9 Å². The quantitative estimate of drug-likeness (QED) is 0.825. The number of amides is 2. The van der Waals surface area contributed by atoms with E-state index in [1.165, 1.54) is 11.1 Å². The van der Waals surface area contributed by atoms with Crippen LogP contribution in [0.25, 0.3) is 0 Å². The lowest BCUT2D eigenvalue weighted by atomic mass is 10.0. The molecular weight excluding hydrogens is 308 g/mol. The van der Waals surface area contributed by atoms with Crippen molar-refractivity contribution in [3.8, 4) is 6.07 Å². The number of pyridine rings is 1. The summed E-state index contributed by atoms with van der Waals surface area (Å²) in [5, 5.41) is 11.6. The van der Waals surface area contributed by atoms with Crippen molar-refractivity contribution >= 4 is 23.4 Å². The van der Waals surface area contributed by atoms with Crippen molar-refractivity contribution < 1.29 is 14.4 Å². The molecule has 1 atom stereocenters. The Morgan fingerprint density at radius 2 is 2.08 bits per heavy atom. The highest BCUT2D eigenvalue weighted by molar-refractivity contribution is 6.10. The van der Waals surface area contributed by atoms with Gasteiger partial charge in [-0.05, 0) is 25.0 Å². The van der Waals surface area contributed by atoms with Crippen LogP contribution in [0.2, 0.25) is 0 Å². The van der Waals surface area contributed by atoms with Crippen LogP contribution in [0.3, 0.4) is 0 Å². The highest BCUT2D eigenvalue weighted by atomic mass is 16.2. The number of Topliss-reactive ketones (excluding diaryl/α,β-unsaturated/α-hetero) is 1. The van der Waals surface area contributed by atoms with Crippen LogP contribution in [-0.4, -0.2) is 40.6 Å². The maximum atomic E-state index is 12.3. The Morgan fingerprint density at radius 3 is 2.79 bits per heavy atom. The summed E-state index contributed by atoms with van der Waals surface area (Å²) in [5.74, 6) is -2.56. The molecule has 0 spiro atoms. The third-order valence-electron chi connectivity index (χ3n) is 3.90. The lowest BCUT2D eigenvalue weighted by Crippen LogP contribution is -2.41. The van der Waals surface area contributed by atoms with Crippen molar-refractivity contribution in [3.63, 3.8) is 0 Å². The molecule has 1 aromatic rings. The second-order valence-electron chi connectivity index (χ2n) is 5.71. The standard InChI is InChI=1S/C17H20N4O3/c18-11-13(17(24)20-15-7-4-5-9-19-15)14(22)12-21-10-6-2-1-3-8-16(21)23/h4-5,7,9,13H,1-3,6,8,10,12H2,(H,19,20,24)/t13-/m0/s1. The van der Waals surface area contributed by atoms with E-state index in [9.17, 15) is 19.6 Å². The van der Waals surface area contributed by atoms with Crippen LogP contribution in [-0.2, 0) is 14.4 Å². The van der Waals surface area contributed by atoms with Gasteiger partial charge in [0.25, 0.3) is 5.91 Å². The van der Waals surface area contributed by atoms with Crippen molar-refractivity contribution in [2.24, 2.45) is 5.92 Å². The number of rotatable bonds is 5. The van der Waals surface area contributed by atoms with Gasteiger partial charge in [0.1, 0.15) is 5.82 Å². The Bertz CT molecular complexity index is 639. The molecule has 0 saturated carbocycles. The van der Waals surface area contributed by atoms with Crippen molar-refractivity contribution in [1.82, 2.24) is 9.88 Å². The van der Waals surface area contributed by atoms with Crippen LogP contribution in [0, 0.1) is 17.2 Å². The summed E-state index contributed by atoms with van der Waals surface area (Å²) in [7, 11) is 0. The molecule has 2 amide bonds. The largest absolute Gasteiger partial charge is 0.335 e. The van der Waals surface area contributed by atoms with Crippen LogP contribution in [0.15, 0.2) is 24.4 Å². The molecule has 0 bridgehead atoms. The molecule has 1 aromatic heterocycles. The van der Waals surface area contributed by atoms with Crippen molar-refractivity contribution in [1.29, 1.82) is 5.26 Å². The number of nitrogens with zero attached hydrogens (tertiary/aromatic N) is 3. The molecule has 2 heterocycles. The zero-order chi connectivity index (χ0) is 17.4. The second kappa shape index (κ2) is 8.77. The molecule has 1 aliphatic rings. The van der Waals surface area contributed by atoms with E-state index in [4.69, 9.17) is 0 Å². The minimum Gasteiger partial charge on any atom is -0.335 e. The topological polar surface area (TPSA) is 103 Å². The van der Waals surface area contributed by atoms with Crippen molar-refractivity contribution in [2.45, 2.75) is 32.1 Å². The number of carbonyl (C=O) groups excluding carboxylic acids is 3. The van der Waals surface area contributed by atoms with E-state index < -0.39 is 17.6 Å². The molecule has 0 radical (unpaired) electrons. The van der Waals surface area contributed by atoms with E-state index in [1.54, 1.807) is 24.3 Å². The molecule has 7 heteroatoms. The zero-order valence-electron chi connectivity index (χ0n) is 13.4. The first-order valence-electron chi connectivity index (χ1n) is 8.04. The molecule has 0 aromatic carbocycles. The van der Waals surface area contributed by atoms with Crippen molar-refractivity contribution in [3.05, 3.63) is 24.4 Å². The molecule has 2 rings (SSSR count). The molecule has 1 fully saturated rings. The third-order valence-corrected chi connectivity index (χ3v) is 3.90. The van der Waals surface area contributed by atoms with Gasteiger partial charge >= 0.3 is 0 Å². The minimum atomic E-state index is -1.45. The Kier molecular flexibility index (Phi) is 6.43. The molecule has 1 N–H and O–H groups in total. The molecule has 1 aliphatic heterocycles. The van der Waals surface area contributed by atoms with Crippen LogP contribution in [0.5, 0.6) is 0 Å². The number of nitrogens with one attached hydrogen (secondary N) is 1. The van der Waals surface area contributed by atoms with E-state index in [-0.39, 0.29) is 18.3 Å². The molecule has 0 unspecified atom stereocenters. The van der Waals surface area contributed by atoms with Gasteiger partial charge in [-0.3, -0.25) is 14.4 Å². The number of nitriles is 1. The third kappa shape index (κ3) is 4.88. The van der Waals surface area contributed by atoms with E-state index >= 15 is 0 Å². The minimum absolute atomic E-state index is 0.0927. The predicted molar refractivity (Wildman–Crippen MR) is 86.6 cm³/mol. The maximum Gasteiger partial charge on any atom is 0.250 e. The first-order valence-corrected chi connectivity index (χ1v) is 8.04. The number of likely N-dealkylation sites (tertiary alicyclic amines) is 1. The molecular formula is C17H20N4O3. The zero-order valence-corrected chi connectivity index (χ0v) is 13.4. The van der Waals surface area contributed by atoms with Crippen LogP contribution in [0.4, 0.5) is 5.82 Å². The number of carbonyl (C=O) groups is 3. The summed E-state index contributed by atoms with van der Waals surface area (Å²) in [6, 6.07) is 6.67. The Labute approximate surface area is 140 Å². The van der Waals surface area contributed by atoms with Gasteiger partial charge in [-0.2, -0.15) is 5.26 Å². The molecule has 0 aliphatic carbocycles. The molecule has 1 saturated heterocycles. The Balaban J connectivity index is 1.98. The fourth-order valence-corrected chi connectivity index (χ4v) is 2.57. The second-order valence-corrected chi connectivity index (χ2v) is 5.71. The SMILES string of the molecule is N#C[C@@H](C(=O)CN1CCCCCCC1=O)C(=O)Nc1ccccn1. The van der Waals surface area contributed by atoms with E-state index in [0.29, 0.717) is 13.0 Å². The monoisotopic (exact) mass is 328 g/mol.